The molecule has 0 amide bonds. The van der Waals surface area contributed by atoms with Crippen molar-refractivity contribution in [3.05, 3.63) is 0 Å². The number of rotatable bonds is 18. The normalized spacial score (nSPS) is 18.7. The second kappa shape index (κ2) is 19.8. The molecule has 0 N–H and O–H groups in total. The molecule has 0 bridgehead atoms. The van der Waals surface area contributed by atoms with E-state index in [4.69, 9.17) is 0 Å². The van der Waals surface area contributed by atoms with E-state index in [-0.39, 0.29) is 0 Å². The predicted octanol–water partition coefficient (Wildman–Crippen LogP) is 6.66. The van der Waals surface area contributed by atoms with Crippen LogP contribution in [0, 0.1) is 0 Å². The SMILES string of the molecule is CC(S)CSCCSC(CSCC(C)S)C(CSCC(C)S)SCC(C)S. The van der Waals surface area contributed by atoms with Crippen molar-refractivity contribution in [1.29, 1.82) is 0 Å². The zero-order valence-corrected chi connectivity index (χ0v) is 24.6. The Morgan fingerprint density at radius 2 is 0.889 bits per heavy atom. The minimum Gasteiger partial charge on any atom is -0.175 e. The standard InChI is InChI=1S/C18H38S9/c1-13(19)7-23-5-6-26-17(11-24-8-14(2)20)18(27-10-16(4)22)12-25-9-15(3)21/h13-22H,5-12H2,1-4H3. The highest BCUT2D eigenvalue weighted by Gasteiger charge is 2.23. The molecule has 0 saturated carbocycles. The molecule has 0 fully saturated rings. The first-order valence-electron chi connectivity index (χ1n) is 9.41. The first-order chi connectivity index (χ1) is 12.7. The lowest BCUT2D eigenvalue weighted by atomic mass is 10.3. The molecule has 0 aromatic rings. The van der Waals surface area contributed by atoms with Crippen LogP contribution in [0.1, 0.15) is 27.7 Å². The van der Waals surface area contributed by atoms with E-state index in [1.165, 1.54) is 23.0 Å². The Bertz CT molecular complexity index is 324. The van der Waals surface area contributed by atoms with Gasteiger partial charge in [-0.2, -0.15) is 109 Å². The highest BCUT2D eigenvalue weighted by molar-refractivity contribution is 8.07. The Labute approximate surface area is 212 Å². The third kappa shape index (κ3) is 20.8. The van der Waals surface area contributed by atoms with Crippen LogP contribution in [-0.4, -0.2) is 77.5 Å². The molecule has 0 rings (SSSR count). The van der Waals surface area contributed by atoms with Crippen molar-refractivity contribution >= 4 is 109 Å². The van der Waals surface area contributed by atoms with E-state index in [9.17, 15) is 0 Å². The van der Waals surface area contributed by atoms with Crippen LogP contribution in [-0.2, 0) is 0 Å². The molecule has 9 heteroatoms. The topological polar surface area (TPSA) is 0 Å². The Kier molecular flexibility index (Phi) is 22.1. The van der Waals surface area contributed by atoms with Gasteiger partial charge in [0.2, 0.25) is 0 Å². The van der Waals surface area contributed by atoms with E-state index in [0.29, 0.717) is 31.5 Å². The van der Waals surface area contributed by atoms with Crippen LogP contribution in [0.3, 0.4) is 0 Å². The predicted molar refractivity (Wildman–Crippen MR) is 158 cm³/mol. The van der Waals surface area contributed by atoms with Gasteiger partial charge in [0, 0.05) is 77.5 Å². The van der Waals surface area contributed by atoms with Gasteiger partial charge in [-0.15, -0.1) is 0 Å². The van der Waals surface area contributed by atoms with Crippen LogP contribution in [0.4, 0.5) is 0 Å². The molecule has 0 saturated heterocycles. The molecule has 0 aliphatic heterocycles. The van der Waals surface area contributed by atoms with E-state index in [1.807, 2.05) is 11.8 Å². The zero-order valence-electron chi connectivity index (χ0n) is 17.0. The maximum Gasteiger partial charge on any atom is 0.0265 e. The summed E-state index contributed by atoms with van der Waals surface area (Å²) < 4.78 is 0. The summed E-state index contributed by atoms with van der Waals surface area (Å²) in [5.74, 6) is 9.42. The molecule has 0 aliphatic rings. The number of hydrogen-bond donors (Lipinski definition) is 4. The first-order valence-corrected chi connectivity index (χ1v) is 17.0. The second-order valence-corrected chi connectivity index (χ2v) is 16.3. The molecule has 6 unspecified atom stereocenters. The van der Waals surface area contributed by atoms with E-state index < -0.39 is 0 Å². The summed E-state index contributed by atoms with van der Waals surface area (Å²) in [5, 5.41) is 3.25. The molecular formula is C18H38S9. The van der Waals surface area contributed by atoms with Crippen molar-refractivity contribution in [1.82, 2.24) is 0 Å². The van der Waals surface area contributed by atoms with Gasteiger partial charge in [-0.05, 0) is 0 Å². The molecule has 0 spiro atoms. The number of hydrogen-bond acceptors (Lipinski definition) is 9. The summed E-state index contributed by atoms with van der Waals surface area (Å²) in [6.45, 7) is 8.74. The van der Waals surface area contributed by atoms with Gasteiger partial charge >= 0.3 is 0 Å². The Morgan fingerprint density at radius 1 is 0.481 bits per heavy atom. The second-order valence-electron chi connectivity index (χ2n) is 6.83. The summed E-state index contributed by atoms with van der Waals surface area (Å²) in [6, 6.07) is 0. The lowest BCUT2D eigenvalue weighted by Gasteiger charge is -2.27. The highest BCUT2D eigenvalue weighted by atomic mass is 32.2. The van der Waals surface area contributed by atoms with E-state index in [2.05, 4.69) is 125 Å². The quantitative estimate of drug-likeness (QED) is 0.113. The average molecular weight is 543 g/mol. The molecule has 0 aromatic heterocycles. The summed E-state index contributed by atoms with van der Waals surface area (Å²) in [4.78, 5) is 0. The Hall–Kier alpha value is 3.15. The summed E-state index contributed by atoms with van der Waals surface area (Å²) >= 11 is 28.6. The maximum atomic E-state index is 4.61. The molecule has 0 nitrogen and oxygen atoms in total. The fourth-order valence-electron chi connectivity index (χ4n) is 2.01. The van der Waals surface area contributed by atoms with Gasteiger partial charge in [0.1, 0.15) is 0 Å². The maximum absolute atomic E-state index is 4.61. The van der Waals surface area contributed by atoms with Gasteiger partial charge in [-0.25, -0.2) is 0 Å². The van der Waals surface area contributed by atoms with Gasteiger partial charge in [0.25, 0.3) is 0 Å². The largest absolute Gasteiger partial charge is 0.175 e. The Morgan fingerprint density at radius 3 is 1.33 bits per heavy atom. The molecular weight excluding hydrogens is 505 g/mol. The number of thioether (sulfide) groups is 5. The molecule has 6 atom stereocenters. The minimum absolute atomic E-state index is 0.453. The van der Waals surface area contributed by atoms with Crippen molar-refractivity contribution in [2.45, 2.75) is 59.2 Å². The van der Waals surface area contributed by atoms with Gasteiger partial charge in [0.15, 0.2) is 0 Å². The number of thiol groups is 4. The Balaban J connectivity index is 4.66. The zero-order chi connectivity index (χ0) is 20.7. The fraction of sp³-hybridized carbons (Fsp3) is 1.00. The minimum atomic E-state index is 0.453. The van der Waals surface area contributed by atoms with E-state index in [1.54, 1.807) is 0 Å². The monoisotopic (exact) mass is 542 g/mol. The van der Waals surface area contributed by atoms with Crippen LogP contribution < -0.4 is 0 Å². The van der Waals surface area contributed by atoms with Crippen molar-refractivity contribution in [3.8, 4) is 0 Å². The third-order valence-electron chi connectivity index (χ3n) is 3.17. The van der Waals surface area contributed by atoms with Crippen molar-refractivity contribution in [3.63, 3.8) is 0 Å². The van der Waals surface area contributed by atoms with Crippen LogP contribution in [0.25, 0.3) is 0 Å². The summed E-state index contributed by atoms with van der Waals surface area (Å²) in [7, 11) is 0. The van der Waals surface area contributed by atoms with E-state index >= 15 is 0 Å². The van der Waals surface area contributed by atoms with Gasteiger partial charge in [-0.3, -0.25) is 0 Å². The van der Waals surface area contributed by atoms with Crippen molar-refractivity contribution in [2.24, 2.45) is 0 Å². The molecule has 0 aliphatic carbocycles. The van der Waals surface area contributed by atoms with Crippen LogP contribution >= 0.6 is 109 Å². The van der Waals surface area contributed by atoms with Crippen molar-refractivity contribution in [2.75, 3.05) is 46.0 Å². The molecule has 0 aromatic carbocycles. The molecule has 0 radical (unpaired) electrons. The van der Waals surface area contributed by atoms with E-state index in [0.717, 1.165) is 23.0 Å². The fourth-order valence-corrected chi connectivity index (χ4v) is 9.98. The smallest absolute Gasteiger partial charge is 0.0265 e. The van der Waals surface area contributed by atoms with Crippen LogP contribution in [0.5, 0.6) is 0 Å². The van der Waals surface area contributed by atoms with Crippen LogP contribution in [0.2, 0.25) is 0 Å². The first kappa shape index (κ1) is 30.1. The van der Waals surface area contributed by atoms with Gasteiger partial charge in [0.05, 0.1) is 0 Å². The highest BCUT2D eigenvalue weighted by Crippen LogP contribution is 2.32. The molecule has 27 heavy (non-hydrogen) atoms. The average Bonchev–Trinajstić information content (AvgIpc) is 2.55. The molecule has 0 heterocycles. The third-order valence-corrected chi connectivity index (χ3v) is 12.6. The lowest BCUT2D eigenvalue weighted by molar-refractivity contribution is 0.940. The molecule has 164 valence electrons. The van der Waals surface area contributed by atoms with Crippen LogP contribution in [0.15, 0.2) is 0 Å². The summed E-state index contributed by atoms with van der Waals surface area (Å²) in [5.41, 5.74) is 0. The van der Waals surface area contributed by atoms with Gasteiger partial charge < -0.3 is 0 Å². The van der Waals surface area contributed by atoms with Gasteiger partial charge in [-0.1, -0.05) is 27.7 Å². The van der Waals surface area contributed by atoms with Crippen molar-refractivity contribution < 1.29 is 0 Å². The summed E-state index contributed by atoms with van der Waals surface area (Å²) in [6.07, 6.45) is 0. The lowest BCUT2D eigenvalue weighted by Crippen LogP contribution is -2.28.